The fourth-order valence-corrected chi connectivity index (χ4v) is 3.22. The number of hydrogen-bond acceptors (Lipinski definition) is 1. The molecule has 0 aliphatic heterocycles. The lowest BCUT2D eigenvalue weighted by atomic mass is 9.52. The normalized spacial score (nSPS) is 36.3. The Morgan fingerprint density at radius 3 is 2.13 bits per heavy atom. The van der Waals surface area contributed by atoms with Gasteiger partial charge in [0.2, 0.25) is 0 Å². The highest BCUT2D eigenvalue weighted by atomic mass is 16.3. The molecule has 0 radical (unpaired) electrons. The molecule has 0 heterocycles. The van der Waals surface area contributed by atoms with E-state index in [1.807, 2.05) is 0 Å². The molecule has 88 valence electrons. The van der Waals surface area contributed by atoms with Crippen LogP contribution in [-0.2, 0) is 0 Å². The molecule has 0 bridgehead atoms. The van der Waals surface area contributed by atoms with Gasteiger partial charge in [-0.25, -0.2) is 0 Å². The van der Waals surface area contributed by atoms with Crippen molar-refractivity contribution in [3.05, 3.63) is 11.6 Å². The Balaban J connectivity index is 3.35. The van der Waals surface area contributed by atoms with E-state index >= 15 is 0 Å². The summed E-state index contributed by atoms with van der Waals surface area (Å²) >= 11 is 0. The fourth-order valence-electron chi connectivity index (χ4n) is 3.22. The van der Waals surface area contributed by atoms with Crippen molar-refractivity contribution in [2.75, 3.05) is 0 Å². The molecule has 0 saturated heterocycles. The van der Waals surface area contributed by atoms with E-state index < -0.39 is 5.60 Å². The summed E-state index contributed by atoms with van der Waals surface area (Å²) in [5.74, 6) is 0.519. The molecule has 2 atom stereocenters. The Morgan fingerprint density at radius 1 is 1.33 bits per heavy atom. The molecule has 0 unspecified atom stereocenters. The number of rotatable bonds is 0. The molecule has 1 N–H and O–H groups in total. The van der Waals surface area contributed by atoms with Crippen molar-refractivity contribution in [1.82, 2.24) is 0 Å². The second-order valence-corrected chi connectivity index (χ2v) is 6.71. The van der Waals surface area contributed by atoms with Crippen molar-refractivity contribution in [2.24, 2.45) is 16.7 Å². The quantitative estimate of drug-likeness (QED) is 0.603. The van der Waals surface area contributed by atoms with Crippen LogP contribution in [0.3, 0.4) is 0 Å². The average Bonchev–Trinajstić information content (AvgIpc) is 2.07. The highest BCUT2D eigenvalue weighted by Gasteiger charge is 2.56. The highest BCUT2D eigenvalue weighted by Crippen LogP contribution is 2.55. The summed E-state index contributed by atoms with van der Waals surface area (Å²) in [6, 6.07) is 0. The molecule has 1 aliphatic carbocycles. The van der Waals surface area contributed by atoms with E-state index in [2.05, 4.69) is 54.5 Å². The summed E-state index contributed by atoms with van der Waals surface area (Å²) in [4.78, 5) is 0. The van der Waals surface area contributed by atoms with Crippen LogP contribution >= 0.6 is 0 Å². The van der Waals surface area contributed by atoms with Gasteiger partial charge in [-0.2, -0.15) is 0 Å². The van der Waals surface area contributed by atoms with Crippen LogP contribution in [0, 0.1) is 16.7 Å². The SMILES string of the molecule is CC1=CC[C@H](C)C(C)(C)[C@]1(O)C(C)(C)C. The van der Waals surface area contributed by atoms with Crippen molar-refractivity contribution < 1.29 is 5.11 Å². The first-order valence-electron chi connectivity index (χ1n) is 5.94. The van der Waals surface area contributed by atoms with Gasteiger partial charge in [0.1, 0.15) is 0 Å². The summed E-state index contributed by atoms with van der Waals surface area (Å²) in [6.07, 6.45) is 3.29. The Hall–Kier alpha value is -0.300. The van der Waals surface area contributed by atoms with Gasteiger partial charge in [-0.1, -0.05) is 47.6 Å². The number of aliphatic hydroxyl groups is 1. The van der Waals surface area contributed by atoms with E-state index in [9.17, 15) is 5.11 Å². The molecule has 0 saturated carbocycles. The third kappa shape index (κ3) is 1.56. The summed E-state index contributed by atoms with van der Waals surface area (Å²) in [6.45, 7) is 15.1. The minimum absolute atomic E-state index is 0.0654. The Bertz CT molecular complexity index is 280. The van der Waals surface area contributed by atoms with Crippen LogP contribution in [0.15, 0.2) is 11.6 Å². The Morgan fingerprint density at radius 2 is 1.80 bits per heavy atom. The third-order valence-corrected chi connectivity index (χ3v) is 4.60. The maximum Gasteiger partial charge on any atom is 0.0955 e. The first-order chi connectivity index (χ1) is 6.55. The minimum Gasteiger partial charge on any atom is -0.384 e. The van der Waals surface area contributed by atoms with Crippen molar-refractivity contribution in [2.45, 2.75) is 60.5 Å². The van der Waals surface area contributed by atoms with Gasteiger partial charge in [-0.05, 0) is 30.3 Å². The molecule has 0 aromatic heterocycles. The lowest BCUT2D eigenvalue weighted by Gasteiger charge is -2.56. The van der Waals surface area contributed by atoms with Crippen LogP contribution in [0.25, 0.3) is 0 Å². The van der Waals surface area contributed by atoms with Gasteiger partial charge >= 0.3 is 0 Å². The zero-order chi connectivity index (χ0) is 12.1. The maximum absolute atomic E-state index is 11.1. The van der Waals surface area contributed by atoms with E-state index in [1.54, 1.807) is 0 Å². The summed E-state index contributed by atoms with van der Waals surface area (Å²) in [5, 5.41) is 11.1. The van der Waals surface area contributed by atoms with Gasteiger partial charge in [-0.15, -0.1) is 0 Å². The smallest absolute Gasteiger partial charge is 0.0955 e. The van der Waals surface area contributed by atoms with Gasteiger partial charge in [0.05, 0.1) is 5.60 Å². The summed E-state index contributed by atoms with van der Waals surface area (Å²) in [7, 11) is 0. The monoisotopic (exact) mass is 210 g/mol. The highest BCUT2D eigenvalue weighted by molar-refractivity contribution is 5.27. The standard InChI is InChI=1S/C14H26O/c1-10-8-9-11(2)14(15,12(3,4)5)13(10,6)7/h9-10,15H,8H2,1-7H3/t10-,14+/m0/s1. The van der Waals surface area contributed by atoms with Gasteiger partial charge in [0, 0.05) is 5.41 Å². The van der Waals surface area contributed by atoms with Crippen molar-refractivity contribution in [3.8, 4) is 0 Å². The largest absolute Gasteiger partial charge is 0.384 e. The second kappa shape index (κ2) is 3.35. The lowest BCUT2D eigenvalue weighted by molar-refractivity contribution is -0.140. The molecule has 0 amide bonds. The molecule has 0 aromatic rings. The van der Waals surface area contributed by atoms with Crippen LogP contribution in [0.4, 0.5) is 0 Å². The number of hydrogen-bond donors (Lipinski definition) is 1. The first-order valence-corrected chi connectivity index (χ1v) is 5.94. The maximum atomic E-state index is 11.1. The van der Waals surface area contributed by atoms with Gasteiger partial charge in [0.15, 0.2) is 0 Å². The molecule has 1 heteroatoms. The predicted octanol–water partition coefficient (Wildman–Crippen LogP) is 3.78. The first kappa shape index (κ1) is 12.8. The van der Waals surface area contributed by atoms with E-state index in [-0.39, 0.29) is 10.8 Å². The lowest BCUT2D eigenvalue weighted by Crippen LogP contribution is -2.59. The predicted molar refractivity (Wildman–Crippen MR) is 65.7 cm³/mol. The van der Waals surface area contributed by atoms with Crippen molar-refractivity contribution in [3.63, 3.8) is 0 Å². The zero-order valence-corrected chi connectivity index (χ0v) is 11.3. The van der Waals surface area contributed by atoms with Crippen LogP contribution < -0.4 is 0 Å². The summed E-state index contributed by atoms with van der Waals surface area (Å²) < 4.78 is 0. The fraction of sp³-hybridized carbons (Fsp3) is 0.857. The molecule has 0 spiro atoms. The minimum atomic E-state index is -0.697. The third-order valence-electron chi connectivity index (χ3n) is 4.60. The molecule has 15 heavy (non-hydrogen) atoms. The molecule has 1 rings (SSSR count). The van der Waals surface area contributed by atoms with Gasteiger partial charge in [0.25, 0.3) is 0 Å². The van der Waals surface area contributed by atoms with E-state index in [1.165, 1.54) is 0 Å². The Kier molecular flexibility index (Phi) is 2.85. The van der Waals surface area contributed by atoms with Gasteiger partial charge in [-0.3, -0.25) is 0 Å². The van der Waals surface area contributed by atoms with Crippen LogP contribution in [0.1, 0.15) is 54.9 Å². The summed E-state index contributed by atoms with van der Waals surface area (Å²) in [5.41, 5.74) is 0.256. The van der Waals surface area contributed by atoms with E-state index in [0.29, 0.717) is 5.92 Å². The molecule has 0 fully saturated rings. The molecular formula is C14H26O. The molecular weight excluding hydrogens is 184 g/mol. The van der Waals surface area contributed by atoms with E-state index in [4.69, 9.17) is 0 Å². The molecule has 0 aromatic carbocycles. The van der Waals surface area contributed by atoms with E-state index in [0.717, 1.165) is 12.0 Å². The van der Waals surface area contributed by atoms with Crippen molar-refractivity contribution >= 4 is 0 Å². The van der Waals surface area contributed by atoms with Crippen LogP contribution in [0.5, 0.6) is 0 Å². The molecule has 1 aliphatic rings. The number of allylic oxidation sites excluding steroid dienone is 1. The average molecular weight is 210 g/mol. The van der Waals surface area contributed by atoms with Crippen LogP contribution in [-0.4, -0.2) is 10.7 Å². The van der Waals surface area contributed by atoms with Crippen molar-refractivity contribution in [1.29, 1.82) is 0 Å². The molecule has 1 nitrogen and oxygen atoms in total. The topological polar surface area (TPSA) is 20.2 Å². The second-order valence-electron chi connectivity index (χ2n) is 6.71. The zero-order valence-electron chi connectivity index (χ0n) is 11.3. The Labute approximate surface area is 94.6 Å². The van der Waals surface area contributed by atoms with Crippen LogP contribution in [0.2, 0.25) is 0 Å². The van der Waals surface area contributed by atoms with Gasteiger partial charge < -0.3 is 5.11 Å².